The highest BCUT2D eigenvalue weighted by Crippen LogP contribution is 2.15. The van der Waals surface area contributed by atoms with Gasteiger partial charge in [-0.3, -0.25) is 0 Å². The van der Waals surface area contributed by atoms with Crippen molar-refractivity contribution in [1.29, 1.82) is 0 Å². The molecule has 1 heterocycles. The summed E-state index contributed by atoms with van der Waals surface area (Å²) in [6.45, 7) is 3.35. The molecule has 1 aliphatic rings. The zero-order valence-corrected chi connectivity index (χ0v) is 17.5. The fraction of sp³-hybridized carbons (Fsp3) is 1.00. The van der Waals surface area contributed by atoms with Crippen LogP contribution in [0.25, 0.3) is 0 Å². The summed E-state index contributed by atoms with van der Waals surface area (Å²) >= 11 is 0. The Morgan fingerprint density at radius 1 is 0.696 bits per heavy atom. The van der Waals surface area contributed by atoms with Crippen LogP contribution in [0.3, 0.4) is 0 Å². The first-order valence-electron chi connectivity index (χ1n) is 11.0. The average molecular weight is 341 g/mol. The number of rotatable bonds is 16. The van der Waals surface area contributed by atoms with Crippen molar-refractivity contribution < 1.29 is 4.74 Å². The predicted molar refractivity (Wildman–Crippen MR) is 107 cm³/mol. The second-order valence-corrected chi connectivity index (χ2v) is 9.92. The molecular formula is C21H44OSi. The molecule has 1 nitrogen and oxygen atoms in total. The summed E-state index contributed by atoms with van der Waals surface area (Å²) in [5, 5.41) is 0. The van der Waals surface area contributed by atoms with E-state index < -0.39 is 0 Å². The van der Waals surface area contributed by atoms with E-state index in [1.165, 1.54) is 115 Å². The van der Waals surface area contributed by atoms with Crippen LogP contribution in [0, 0.1) is 0 Å². The van der Waals surface area contributed by atoms with E-state index in [2.05, 4.69) is 6.92 Å². The van der Waals surface area contributed by atoms with Gasteiger partial charge in [-0.05, 0) is 19.3 Å². The van der Waals surface area contributed by atoms with Crippen molar-refractivity contribution in [2.45, 2.75) is 128 Å². The van der Waals surface area contributed by atoms with E-state index >= 15 is 0 Å². The minimum atomic E-state index is 0.0816. The summed E-state index contributed by atoms with van der Waals surface area (Å²) in [5.74, 6) is 0. The van der Waals surface area contributed by atoms with Crippen LogP contribution in [0.4, 0.5) is 0 Å². The molecule has 1 atom stereocenters. The Morgan fingerprint density at radius 2 is 1.22 bits per heavy atom. The van der Waals surface area contributed by atoms with Gasteiger partial charge < -0.3 is 4.74 Å². The first-order valence-corrected chi connectivity index (χ1v) is 12.9. The lowest BCUT2D eigenvalue weighted by molar-refractivity contribution is 0.0649. The van der Waals surface area contributed by atoms with Crippen molar-refractivity contribution in [3.63, 3.8) is 0 Å². The minimum Gasteiger partial charge on any atom is -0.382 e. The van der Waals surface area contributed by atoms with Crippen LogP contribution in [0.2, 0.25) is 6.04 Å². The highest BCUT2D eigenvalue weighted by molar-refractivity contribution is 6.37. The van der Waals surface area contributed by atoms with Gasteiger partial charge >= 0.3 is 0 Å². The molecule has 0 aromatic rings. The molecule has 0 N–H and O–H groups in total. The van der Waals surface area contributed by atoms with Crippen molar-refractivity contribution in [3.8, 4) is 0 Å². The smallest absolute Gasteiger partial charge is 0.0555 e. The quantitative estimate of drug-likeness (QED) is 0.228. The van der Waals surface area contributed by atoms with Crippen LogP contribution in [0.5, 0.6) is 0 Å². The van der Waals surface area contributed by atoms with Crippen molar-refractivity contribution in [3.05, 3.63) is 0 Å². The van der Waals surface area contributed by atoms with Crippen molar-refractivity contribution in [2.75, 3.05) is 6.61 Å². The monoisotopic (exact) mass is 340 g/mol. The topological polar surface area (TPSA) is 9.23 Å². The van der Waals surface area contributed by atoms with Crippen molar-refractivity contribution >= 4 is 9.52 Å². The SMILES string of the molecule is CCCCCCCCCCCCCCCC[SiH2]C1CCCCO1. The van der Waals surface area contributed by atoms with Crippen LogP contribution in [-0.2, 0) is 4.74 Å². The zero-order valence-electron chi connectivity index (χ0n) is 16.1. The lowest BCUT2D eigenvalue weighted by atomic mass is 10.0. The van der Waals surface area contributed by atoms with Gasteiger partial charge in [0.25, 0.3) is 0 Å². The maximum absolute atomic E-state index is 5.86. The van der Waals surface area contributed by atoms with Gasteiger partial charge in [0, 0.05) is 12.3 Å². The summed E-state index contributed by atoms with van der Waals surface area (Å²) in [5.41, 5.74) is 0.741. The maximum atomic E-state index is 5.86. The third-order valence-electron chi connectivity index (χ3n) is 5.40. The van der Waals surface area contributed by atoms with Crippen LogP contribution in [0.15, 0.2) is 0 Å². The minimum absolute atomic E-state index is 0.0816. The standard InChI is InChI=1S/C21H44OSi/c1-2-3-4-5-6-7-8-9-10-11-12-13-14-17-20-23-21-18-15-16-19-22-21/h21H,2-20,23H2,1H3. The summed E-state index contributed by atoms with van der Waals surface area (Å²) in [6, 6.07) is 1.53. The van der Waals surface area contributed by atoms with Crippen LogP contribution in [-0.4, -0.2) is 21.9 Å². The third kappa shape index (κ3) is 14.2. The molecule has 138 valence electrons. The van der Waals surface area contributed by atoms with Gasteiger partial charge in [-0.2, -0.15) is 0 Å². The largest absolute Gasteiger partial charge is 0.382 e. The highest BCUT2D eigenvalue weighted by atomic mass is 28.2. The molecule has 1 aliphatic heterocycles. The lowest BCUT2D eigenvalue weighted by Gasteiger charge is -2.22. The van der Waals surface area contributed by atoms with Gasteiger partial charge in [-0.25, -0.2) is 0 Å². The molecule has 0 aromatic carbocycles. The Kier molecular flexibility index (Phi) is 15.7. The Labute approximate surface area is 149 Å². The third-order valence-corrected chi connectivity index (χ3v) is 7.60. The Bertz CT molecular complexity index is 226. The fourth-order valence-electron chi connectivity index (χ4n) is 3.78. The van der Waals surface area contributed by atoms with Gasteiger partial charge in [0.15, 0.2) is 0 Å². The highest BCUT2D eigenvalue weighted by Gasteiger charge is 2.13. The van der Waals surface area contributed by atoms with E-state index in [9.17, 15) is 0 Å². The normalized spacial score (nSPS) is 18.9. The Hall–Kier alpha value is 0.177. The van der Waals surface area contributed by atoms with Gasteiger partial charge in [-0.1, -0.05) is 103 Å². The van der Waals surface area contributed by atoms with E-state index in [0.29, 0.717) is 0 Å². The first-order chi connectivity index (χ1) is 11.4. The van der Waals surface area contributed by atoms with E-state index in [-0.39, 0.29) is 9.52 Å². The molecule has 0 aromatic heterocycles. The molecule has 23 heavy (non-hydrogen) atoms. The molecule has 1 rings (SSSR count). The number of ether oxygens (including phenoxy) is 1. The van der Waals surface area contributed by atoms with Crippen molar-refractivity contribution in [1.82, 2.24) is 0 Å². The maximum Gasteiger partial charge on any atom is 0.0555 e. The average Bonchev–Trinajstić information content (AvgIpc) is 2.59. The van der Waals surface area contributed by atoms with Gasteiger partial charge in [0.1, 0.15) is 0 Å². The zero-order chi connectivity index (χ0) is 16.4. The van der Waals surface area contributed by atoms with Gasteiger partial charge in [0.2, 0.25) is 0 Å². The number of unbranched alkanes of at least 4 members (excludes halogenated alkanes) is 13. The second-order valence-electron chi connectivity index (χ2n) is 7.73. The number of hydrogen-bond acceptors (Lipinski definition) is 1. The number of hydrogen-bond donors (Lipinski definition) is 0. The molecule has 0 radical (unpaired) electrons. The molecule has 0 bridgehead atoms. The molecule has 2 heteroatoms. The summed E-state index contributed by atoms with van der Waals surface area (Å²) < 4.78 is 5.86. The fourth-order valence-corrected chi connectivity index (χ4v) is 5.79. The summed E-state index contributed by atoms with van der Waals surface area (Å²) in [4.78, 5) is 0. The molecule has 0 amide bonds. The molecule has 0 aliphatic carbocycles. The van der Waals surface area contributed by atoms with Crippen LogP contribution < -0.4 is 0 Å². The molecule has 1 fully saturated rings. The van der Waals surface area contributed by atoms with Gasteiger partial charge in [0.05, 0.1) is 9.52 Å². The first kappa shape index (κ1) is 21.2. The van der Waals surface area contributed by atoms with E-state index in [4.69, 9.17) is 4.74 Å². The van der Waals surface area contributed by atoms with E-state index in [1.807, 2.05) is 0 Å². The predicted octanol–water partition coefficient (Wildman–Crippen LogP) is 6.58. The van der Waals surface area contributed by atoms with Crippen LogP contribution >= 0.6 is 0 Å². The molecule has 0 spiro atoms. The Morgan fingerprint density at radius 3 is 1.70 bits per heavy atom. The van der Waals surface area contributed by atoms with Gasteiger partial charge in [-0.15, -0.1) is 0 Å². The molecule has 1 unspecified atom stereocenters. The lowest BCUT2D eigenvalue weighted by Crippen LogP contribution is -2.25. The molecular weight excluding hydrogens is 296 g/mol. The summed E-state index contributed by atoms with van der Waals surface area (Å²) in [7, 11) is 0.0816. The van der Waals surface area contributed by atoms with Crippen molar-refractivity contribution in [2.24, 2.45) is 0 Å². The van der Waals surface area contributed by atoms with Crippen LogP contribution in [0.1, 0.15) is 116 Å². The Balaban J connectivity index is 1.67. The molecule has 0 saturated carbocycles. The second kappa shape index (κ2) is 17.0. The summed E-state index contributed by atoms with van der Waals surface area (Å²) in [6.07, 6.45) is 24.7. The van der Waals surface area contributed by atoms with E-state index in [1.54, 1.807) is 0 Å². The van der Waals surface area contributed by atoms with E-state index in [0.717, 1.165) is 12.3 Å². The molecule has 1 saturated heterocycles.